The quantitative estimate of drug-likeness (QED) is 0.163. The molecule has 4 aromatic rings. The Bertz CT molecular complexity index is 1430. The second kappa shape index (κ2) is 12.6. The first-order valence-corrected chi connectivity index (χ1v) is 13.1. The van der Waals surface area contributed by atoms with Crippen LogP contribution in [0.15, 0.2) is 70.2 Å². The molecule has 0 bridgehead atoms. The number of amides is 1. The molecule has 1 N–H and O–H groups in total. The first-order valence-electron chi connectivity index (χ1n) is 12.7. The Balaban J connectivity index is 1.33. The number of nitrogens with zero attached hydrogens (tertiary/aromatic N) is 2. The number of hydrogen-bond acceptors (Lipinski definition) is 6. The van der Waals surface area contributed by atoms with Gasteiger partial charge >= 0.3 is 5.91 Å². The van der Waals surface area contributed by atoms with Gasteiger partial charge in [0.1, 0.15) is 18.1 Å². The van der Waals surface area contributed by atoms with Crippen molar-refractivity contribution in [2.24, 2.45) is 5.10 Å². The van der Waals surface area contributed by atoms with Gasteiger partial charge < -0.3 is 23.2 Å². The summed E-state index contributed by atoms with van der Waals surface area (Å²) in [4.78, 5) is 12.5. The predicted octanol–water partition coefficient (Wildman–Crippen LogP) is 6.87. The van der Waals surface area contributed by atoms with Crippen LogP contribution in [0.5, 0.6) is 17.2 Å². The number of carbonyl (C=O) groups excluding carboxylic acids is 1. The van der Waals surface area contributed by atoms with E-state index in [-0.39, 0.29) is 18.5 Å². The summed E-state index contributed by atoms with van der Waals surface area (Å²) < 4.78 is 25.1. The number of ether oxygens (including phenoxy) is 3. The molecule has 0 saturated heterocycles. The molecule has 0 spiro atoms. The van der Waals surface area contributed by atoms with Crippen LogP contribution < -0.4 is 19.6 Å². The first kappa shape index (κ1) is 27.9. The zero-order chi connectivity index (χ0) is 27.9. The Labute approximate surface area is 233 Å². The summed E-state index contributed by atoms with van der Waals surface area (Å²) in [5.41, 5.74) is 6.50. The molecule has 4 rings (SSSR count). The topological polar surface area (TPSA) is 87.2 Å². The van der Waals surface area contributed by atoms with E-state index in [1.165, 1.54) is 17.6 Å². The van der Waals surface area contributed by atoms with E-state index in [0.717, 1.165) is 5.69 Å². The van der Waals surface area contributed by atoms with E-state index in [4.69, 9.17) is 30.2 Å². The Morgan fingerprint density at radius 2 is 1.77 bits per heavy atom. The second-order valence-electron chi connectivity index (χ2n) is 9.13. The van der Waals surface area contributed by atoms with Crippen LogP contribution >= 0.6 is 11.6 Å². The molecule has 0 unspecified atom stereocenters. The summed E-state index contributed by atoms with van der Waals surface area (Å²) in [5.74, 6) is 1.82. The van der Waals surface area contributed by atoms with Gasteiger partial charge in [-0.1, -0.05) is 11.6 Å². The van der Waals surface area contributed by atoms with Gasteiger partial charge in [-0.2, -0.15) is 5.10 Å². The van der Waals surface area contributed by atoms with Gasteiger partial charge in [-0.25, -0.2) is 5.43 Å². The molecule has 2 aromatic carbocycles. The average Bonchev–Trinajstić information content (AvgIpc) is 3.51. The minimum absolute atomic E-state index is 0.0617. The third kappa shape index (κ3) is 7.03. The molecule has 0 saturated carbocycles. The standard InChI is InChI=1S/C30H32ClN3O5/c1-6-36-28-16-22(15-26(31)29(28)38-19(2)3)17-32-33-30(35)27-14-13-25(39-27)18-37-24-11-9-23(10-12-24)34-20(4)7-8-21(34)5/h7-17,19H,6,18H2,1-5H3,(H,33,35)/b32-17+. The number of hydrazone groups is 1. The van der Waals surface area contributed by atoms with Crippen molar-refractivity contribution < 1.29 is 23.4 Å². The zero-order valence-electron chi connectivity index (χ0n) is 22.7. The van der Waals surface area contributed by atoms with Gasteiger partial charge in [-0.05, 0) is 101 Å². The molecular weight excluding hydrogens is 518 g/mol. The molecule has 1 amide bonds. The highest BCUT2D eigenvalue weighted by atomic mass is 35.5. The predicted molar refractivity (Wildman–Crippen MR) is 152 cm³/mol. The SMILES string of the molecule is CCOc1cc(/C=N/NC(=O)c2ccc(COc3ccc(-n4c(C)ccc4C)cc3)o2)cc(Cl)c1OC(C)C. The van der Waals surface area contributed by atoms with Gasteiger partial charge in [0.2, 0.25) is 0 Å². The van der Waals surface area contributed by atoms with E-state index < -0.39 is 5.91 Å². The molecule has 0 radical (unpaired) electrons. The number of aromatic nitrogens is 1. The third-order valence-corrected chi connectivity index (χ3v) is 5.98. The highest BCUT2D eigenvalue weighted by molar-refractivity contribution is 6.32. The monoisotopic (exact) mass is 549 g/mol. The lowest BCUT2D eigenvalue weighted by Gasteiger charge is -2.16. The molecule has 0 atom stereocenters. The van der Waals surface area contributed by atoms with Crippen LogP contribution in [-0.2, 0) is 6.61 Å². The minimum Gasteiger partial charge on any atom is -0.490 e. The fourth-order valence-electron chi connectivity index (χ4n) is 4.00. The lowest BCUT2D eigenvalue weighted by molar-refractivity contribution is 0.0923. The van der Waals surface area contributed by atoms with Crippen molar-refractivity contribution >= 4 is 23.7 Å². The third-order valence-electron chi connectivity index (χ3n) is 5.70. The maximum Gasteiger partial charge on any atom is 0.307 e. The van der Waals surface area contributed by atoms with Gasteiger partial charge in [0, 0.05) is 17.1 Å². The Kier molecular flexibility index (Phi) is 8.99. The Morgan fingerprint density at radius 3 is 2.44 bits per heavy atom. The van der Waals surface area contributed by atoms with Gasteiger partial charge in [0.25, 0.3) is 0 Å². The maximum atomic E-state index is 12.5. The Hall–Kier alpha value is -4.17. The number of benzene rings is 2. The van der Waals surface area contributed by atoms with E-state index >= 15 is 0 Å². The van der Waals surface area contributed by atoms with Crippen molar-refractivity contribution in [3.63, 3.8) is 0 Å². The van der Waals surface area contributed by atoms with Gasteiger partial charge in [-0.3, -0.25) is 4.79 Å². The van der Waals surface area contributed by atoms with E-state index in [0.29, 0.717) is 40.2 Å². The molecule has 2 heterocycles. The molecule has 0 aliphatic carbocycles. The summed E-state index contributed by atoms with van der Waals surface area (Å²) in [6, 6.07) is 18.7. The molecule has 9 heteroatoms. The number of halogens is 1. The number of carbonyl (C=O) groups is 1. The number of nitrogens with one attached hydrogen (secondary N) is 1. The van der Waals surface area contributed by atoms with Crippen LogP contribution in [0.2, 0.25) is 5.02 Å². The minimum atomic E-state index is -0.491. The van der Waals surface area contributed by atoms with Gasteiger partial charge in [0.05, 0.1) is 23.9 Å². The van der Waals surface area contributed by atoms with Crippen molar-refractivity contribution in [2.45, 2.75) is 47.3 Å². The summed E-state index contributed by atoms with van der Waals surface area (Å²) in [5, 5.41) is 4.41. The van der Waals surface area contributed by atoms with Crippen LogP contribution in [0.3, 0.4) is 0 Å². The van der Waals surface area contributed by atoms with E-state index in [1.807, 2.05) is 45.0 Å². The second-order valence-corrected chi connectivity index (χ2v) is 9.54. The fraction of sp³-hybridized carbons (Fsp3) is 0.267. The largest absolute Gasteiger partial charge is 0.490 e. The van der Waals surface area contributed by atoms with Crippen molar-refractivity contribution in [1.29, 1.82) is 0 Å². The lowest BCUT2D eigenvalue weighted by Crippen LogP contribution is -2.16. The molecule has 39 heavy (non-hydrogen) atoms. The summed E-state index contributed by atoms with van der Waals surface area (Å²) >= 11 is 6.39. The summed E-state index contributed by atoms with van der Waals surface area (Å²) in [6.07, 6.45) is 1.41. The molecule has 8 nitrogen and oxygen atoms in total. The van der Waals surface area contributed by atoms with E-state index in [9.17, 15) is 4.79 Å². The highest BCUT2D eigenvalue weighted by Crippen LogP contribution is 2.37. The lowest BCUT2D eigenvalue weighted by atomic mass is 10.2. The molecule has 0 aliphatic heterocycles. The molecule has 0 fully saturated rings. The molecular formula is C30H32ClN3O5. The molecule has 0 aliphatic rings. The Morgan fingerprint density at radius 1 is 1.05 bits per heavy atom. The van der Waals surface area contributed by atoms with E-state index in [1.54, 1.807) is 24.3 Å². The van der Waals surface area contributed by atoms with Gasteiger partial charge in [-0.15, -0.1) is 0 Å². The smallest absolute Gasteiger partial charge is 0.307 e. The number of furan rings is 1. The molecule has 204 valence electrons. The van der Waals surface area contributed by atoms with E-state index in [2.05, 4.69) is 41.1 Å². The summed E-state index contributed by atoms with van der Waals surface area (Å²) in [6.45, 7) is 10.5. The highest BCUT2D eigenvalue weighted by Gasteiger charge is 2.14. The van der Waals surface area contributed by atoms with Crippen molar-refractivity contribution in [3.8, 4) is 22.9 Å². The van der Waals surface area contributed by atoms with Crippen LogP contribution in [-0.4, -0.2) is 29.4 Å². The first-order chi connectivity index (χ1) is 18.7. The van der Waals surface area contributed by atoms with Crippen LogP contribution in [0.4, 0.5) is 0 Å². The number of rotatable bonds is 11. The van der Waals surface area contributed by atoms with Gasteiger partial charge in [0.15, 0.2) is 17.3 Å². The van der Waals surface area contributed by atoms with Crippen LogP contribution in [0.25, 0.3) is 5.69 Å². The number of hydrogen-bond donors (Lipinski definition) is 1. The fourth-order valence-corrected chi connectivity index (χ4v) is 4.26. The number of aryl methyl sites for hydroxylation is 2. The van der Waals surface area contributed by atoms with Crippen molar-refractivity contribution in [1.82, 2.24) is 9.99 Å². The normalized spacial score (nSPS) is 11.3. The maximum absolute atomic E-state index is 12.5. The zero-order valence-corrected chi connectivity index (χ0v) is 23.4. The van der Waals surface area contributed by atoms with Crippen molar-refractivity contribution in [2.75, 3.05) is 6.61 Å². The van der Waals surface area contributed by atoms with Crippen LogP contribution in [0.1, 0.15) is 54.0 Å². The average molecular weight is 550 g/mol. The molecule has 2 aromatic heterocycles. The summed E-state index contributed by atoms with van der Waals surface area (Å²) in [7, 11) is 0. The van der Waals surface area contributed by atoms with Crippen molar-refractivity contribution in [3.05, 3.63) is 94.2 Å². The van der Waals surface area contributed by atoms with Crippen LogP contribution in [0, 0.1) is 13.8 Å².